The number of aliphatic carboxylic acids is 1. The van der Waals surface area contributed by atoms with Crippen LogP contribution in [0.1, 0.15) is 43.7 Å². The molecule has 2 rings (SSSR count). The van der Waals surface area contributed by atoms with Crippen LogP contribution < -0.4 is 10.6 Å². The lowest BCUT2D eigenvalue weighted by Gasteiger charge is -2.20. The zero-order valence-corrected chi connectivity index (χ0v) is 15.7. The van der Waals surface area contributed by atoms with Crippen LogP contribution in [0.2, 0.25) is 0 Å². The molecule has 7 heteroatoms. The molecule has 0 saturated heterocycles. The number of carbonyl (C=O) groups excluding carboxylic acids is 2. The maximum absolute atomic E-state index is 12.3. The summed E-state index contributed by atoms with van der Waals surface area (Å²) in [6.45, 7) is 4.67. The van der Waals surface area contributed by atoms with E-state index in [2.05, 4.69) is 10.6 Å². The number of hydrogen-bond acceptors (Lipinski definition) is 4. The molecule has 1 aromatic heterocycles. The first-order chi connectivity index (χ1) is 12.2. The molecule has 0 radical (unpaired) electrons. The molecule has 2 amide bonds. The van der Waals surface area contributed by atoms with Gasteiger partial charge in [-0.05, 0) is 43.0 Å². The SMILES string of the molecule is CC(=O)NC(CC(=O)Nc1ccc(C(C)(C)C(=O)O)cc1)c1cccs1. The van der Waals surface area contributed by atoms with Gasteiger partial charge in [0, 0.05) is 17.5 Å². The van der Waals surface area contributed by atoms with Gasteiger partial charge in [-0.1, -0.05) is 18.2 Å². The van der Waals surface area contributed by atoms with Gasteiger partial charge >= 0.3 is 5.97 Å². The molecule has 6 nitrogen and oxygen atoms in total. The summed E-state index contributed by atoms with van der Waals surface area (Å²) in [4.78, 5) is 35.9. The van der Waals surface area contributed by atoms with Crippen LogP contribution in [0.25, 0.3) is 0 Å². The first kappa shape index (κ1) is 19.7. The molecular weight excluding hydrogens is 352 g/mol. The fourth-order valence-electron chi connectivity index (χ4n) is 2.45. The number of carbonyl (C=O) groups is 3. The van der Waals surface area contributed by atoms with E-state index in [1.807, 2.05) is 17.5 Å². The van der Waals surface area contributed by atoms with Gasteiger partial charge in [0.2, 0.25) is 11.8 Å². The molecule has 0 bridgehead atoms. The predicted molar refractivity (Wildman–Crippen MR) is 101 cm³/mol. The van der Waals surface area contributed by atoms with Crippen LogP contribution in [0, 0.1) is 0 Å². The van der Waals surface area contributed by atoms with Gasteiger partial charge in [-0.2, -0.15) is 0 Å². The number of thiophene rings is 1. The average Bonchev–Trinajstić information content (AvgIpc) is 3.08. The van der Waals surface area contributed by atoms with Crippen molar-refractivity contribution in [2.75, 3.05) is 5.32 Å². The summed E-state index contributed by atoms with van der Waals surface area (Å²) in [6.07, 6.45) is 0.114. The van der Waals surface area contributed by atoms with Crippen molar-refractivity contribution in [1.82, 2.24) is 5.32 Å². The lowest BCUT2D eigenvalue weighted by Crippen LogP contribution is -2.29. The Kier molecular flexibility index (Phi) is 6.15. The summed E-state index contributed by atoms with van der Waals surface area (Å²) >= 11 is 1.48. The first-order valence-corrected chi connectivity index (χ1v) is 9.02. The average molecular weight is 374 g/mol. The van der Waals surface area contributed by atoms with E-state index in [-0.39, 0.29) is 24.3 Å². The van der Waals surface area contributed by atoms with Crippen LogP contribution in [-0.4, -0.2) is 22.9 Å². The van der Waals surface area contributed by atoms with E-state index in [0.717, 1.165) is 4.88 Å². The minimum absolute atomic E-state index is 0.114. The number of amides is 2. The van der Waals surface area contributed by atoms with Gasteiger partial charge in [0.25, 0.3) is 0 Å². The largest absolute Gasteiger partial charge is 0.481 e. The predicted octanol–water partition coefficient (Wildman–Crippen LogP) is 3.32. The van der Waals surface area contributed by atoms with Gasteiger partial charge in [-0.25, -0.2) is 0 Å². The van der Waals surface area contributed by atoms with Crippen LogP contribution in [0.3, 0.4) is 0 Å². The Balaban J connectivity index is 2.04. The van der Waals surface area contributed by atoms with E-state index in [4.69, 9.17) is 0 Å². The van der Waals surface area contributed by atoms with Crippen molar-refractivity contribution in [2.45, 2.75) is 38.6 Å². The molecular formula is C19H22N2O4S. The molecule has 3 N–H and O–H groups in total. The second kappa shape index (κ2) is 8.14. The first-order valence-electron chi connectivity index (χ1n) is 8.14. The van der Waals surface area contributed by atoms with Gasteiger partial charge in [-0.15, -0.1) is 11.3 Å². The highest BCUT2D eigenvalue weighted by molar-refractivity contribution is 7.10. The topological polar surface area (TPSA) is 95.5 Å². The second-order valence-corrected chi connectivity index (χ2v) is 7.51. The number of carboxylic acid groups (broad SMARTS) is 1. The third-order valence-electron chi connectivity index (χ3n) is 4.08. The monoisotopic (exact) mass is 374 g/mol. The molecule has 1 atom stereocenters. The standard InChI is InChI=1S/C19H22N2O4S/c1-12(22)20-15(16-5-4-10-26-16)11-17(23)21-14-8-6-13(7-9-14)19(2,3)18(24)25/h4-10,15H,11H2,1-3H3,(H,20,22)(H,21,23)(H,24,25). The van der Waals surface area contributed by atoms with E-state index in [0.29, 0.717) is 11.3 Å². The Morgan fingerprint density at radius 3 is 2.31 bits per heavy atom. The minimum Gasteiger partial charge on any atom is -0.481 e. The third-order valence-corrected chi connectivity index (χ3v) is 5.06. The highest BCUT2D eigenvalue weighted by Gasteiger charge is 2.29. The van der Waals surface area contributed by atoms with Crippen LogP contribution in [0.15, 0.2) is 41.8 Å². The van der Waals surface area contributed by atoms with Gasteiger partial charge < -0.3 is 15.7 Å². The van der Waals surface area contributed by atoms with Crippen LogP contribution in [0.4, 0.5) is 5.69 Å². The Labute approximate surface area is 156 Å². The summed E-state index contributed by atoms with van der Waals surface area (Å²) < 4.78 is 0. The summed E-state index contributed by atoms with van der Waals surface area (Å²) in [5.41, 5.74) is 0.225. The lowest BCUT2D eigenvalue weighted by molar-refractivity contribution is -0.142. The highest BCUT2D eigenvalue weighted by Crippen LogP contribution is 2.26. The van der Waals surface area contributed by atoms with E-state index >= 15 is 0 Å². The maximum atomic E-state index is 12.3. The number of rotatable bonds is 7. The van der Waals surface area contributed by atoms with Crippen molar-refractivity contribution >= 4 is 34.8 Å². The lowest BCUT2D eigenvalue weighted by atomic mass is 9.85. The molecule has 0 aliphatic rings. The quantitative estimate of drug-likeness (QED) is 0.693. The van der Waals surface area contributed by atoms with Crippen molar-refractivity contribution in [2.24, 2.45) is 0 Å². The molecule has 1 heterocycles. The van der Waals surface area contributed by atoms with Crippen molar-refractivity contribution in [3.8, 4) is 0 Å². The molecule has 1 unspecified atom stereocenters. The fourth-order valence-corrected chi connectivity index (χ4v) is 3.23. The zero-order chi connectivity index (χ0) is 19.3. The molecule has 0 aliphatic heterocycles. The smallest absolute Gasteiger partial charge is 0.313 e. The number of nitrogens with one attached hydrogen (secondary N) is 2. The van der Waals surface area contributed by atoms with Crippen LogP contribution in [-0.2, 0) is 19.8 Å². The Morgan fingerprint density at radius 2 is 1.81 bits per heavy atom. The van der Waals surface area contributed by atoms with Gasteiger partial charge in [-0.3, -0.25) is 14.4 Å². The Hall–Kier alpha value is -2.67. The summed E-state index contributed by atoms with van der Waals surface area (Å²) in [6, 6.07) is 10.1. The van der Waals surface area contributed by atoms with E-state index < -0.39 is 11.4 Å². The maximum Gasteiger partial charge on any atom is 0.313 e. The van der Waals surface area contributed by atoms with E-state index in [9.17, 15) is 19.5 Å². The number of anilines is 1. The van der Waals surface area contributed by atoms with Crippen molar-refractivity contribution < 1.29 is 19.5 Å². The molecule has 0 spiro atoms. The van der Waals surface area contributed by atoms with E-state index in [1.54, 1.807) is 38.1 Å². The molecule has 1 aromatic carbocycles. The van der Waals surface area contributed by atoms with Crippen LogP contribution in [0.5, 0.6) is 0 Å². The fraction of sp³-hybridized carbons (Fsp3) is 0.316. The summed E-state index contributed by atoms with van der Waals surface area (Å²) in [7, 11) is 0. The molecule has 0 fully saturated rings. The number of benzene rings is 1. The molecule has 26 heavy (non-hydrogen) atoms. The normalized spacial score (nSPS) is 12.3. The number of carboxylic acids is 1. The molecule has 138 valence electrons. The van der Waals surface area contributed by atoms with Gasteiger partial charge in [0.1, 0.15) is 0 Å². The molecule has 0 aliphatic carbocycles. The minimum atomic E-state index is -1.00. The highest BCUT2D eigenvalue weighted by atomic mass is 32.1. The van der Waals surface area contributed by atoms with Crippen LogP contribution >= 0.6 is 11.3 Å². The summed E-state index contributed by atoms with van der Waals surface area (Å²) in [5, 5.41) is 16.7. The van der Waals surface area contributed by atoms with Crippen molar-refractivity contribution in [3.63, 3.8) is 0 Å². The second-order valence-electron chi connectivity index (χ2n) is 6.53. The molecule has 0 saturated carbocycles. The van der Waals surface area contributed by atoms with Crippen molar-refractivity contribution in [1.29, 1.82) is 0 Å². The third kappa shape index (κ3) is 4.92. The van der Waals surface area contributed by atoms with E-state index in [1.165, 1.54) is 18.3 Å². The van der Waals surface area contributed by atoms with Crippen molar-refractivity contribution in [3.05, 3.63) is 52.2 Å². The zero-order valence-electron chi connectivity index (χ0n) is 14.9. The Morgan fingerprint density at radius 1 is 1.15 bits per heavy atom. The summed E-state index contributed by atoms with van der Waals surface area (Å²) in [5.74, 6) is -1.35. The number of hydrogen-bond donors (Lipinski definition) is 3. The molecule has 2 aromatic rings. The van der Waals surface area contributed by atoms with Gasteiger partial charge in [0.15, 0.2) is 0 Å². The van der Waals surface area contributed by atoms with Gasteiger partial charge in [0.05, 0.1) is 17.9 Å². The Bertz CT molecular complexity index is 782.